The van der Waals surface area contributed by atoms with Crippen molar-refractivity contribution in [2.24, 2.45) is 7.05 Å². The van der Waals surface area contributed by atoms with Crippen LogP contribution in [0, 0.1) is 0 Å². The summed E-state index contributed by atoms with van der Waals surface area (Å²) in [7, 11) is 1.93. The Kier molecular flexibility index (Phi) is 2.89. The largest absolute Gasteiger partial charge is 0.423 e. The molecule has 0 bridgehead atoms. The molecule has 0 amide bonds. The highest BCUT2D eigenvalue weighted by molar-refractivity contribution is 5.83. The number of fused-ring (bicyclic) bond motifs is 1. The summed E-state index contributed by atoms with van der Waals surface area (Å²) in [6.45, 7) is 0. The number of nitrogens with zero attached hydrogens (tertiary/aromatic N) is 3. The highest BCUT2D eigenvalue weighted by Crippen LogP contribution is 2.25. The van der Waals surface area contributed by atoms with E-state index in [9.17, 15) is 0 Å². The summed E-state index contributed by atoms with van der Waals surface area (Å²) in [5.41, 5.74) is 3.01. The molecule has 0 atom stereocenters. The van der Waals surface area contributed by atoms with E-state index in [1.165, 1.54) is 0 Å². The highest BCUT2D eigenvalue weighted by Gasteiger charge is 2.07. The van der Waals surface area contributed by atoms with Gasteiger partial charge in [0.05, 0.1) is 17.9 Å². The maximum absolute atomic E-state index is 5.75. The first-order chi connectivity index (χ1) is 10.8. The lowest BCUT2D eigenvalue weighted by Gasteiger charge is -2.02. The van der Waals surface area contributed by atoms with Gasteiger partial charge in [0.25, 0.3) is 6.01 Å². The molecule has 0 unspecified atom stereocenters. The van der Waals surface area contributed by atoms with Crippen LogP contribution in [0.3, 0.4) is 0 Å². The molecule has 2 aromatic carbocycles. The van der Waals surface area contributed by atoms with Crippen molar-refractivity contribution < 1.29 is 4.42 Å². The molecule has 4 aromatic rings. The molecule has 0 saturated carbocycles. The summed E-state index contributed by atoms with van der Waals surface area (Å²) in [4.78, 5) is 4.27. The van der Waals surface area contributed by atoms with Gasteiger partial charge in [0.15, 0.2) is 5.76 Å². The van der Waals surface area contributed by atoms with Crippen molar-refractivity contribution in [1.82, 2.24) is 14.8 Å². The molecule has 2 aromatic heterocycles. The minimum Gasteiger partial charge on any atom is -0.423 e. The lowest BCUT2D eigenvalue weighted by Crippen LogP contribution is -1.91. The number of anilines is 2. The van der Waals surface area contributed by atoms with E-state index in [0.29, 0.717) is 6.01 Å². The summed E-state index contributed by atoms with van der Waals surface area (Å²) in [6, 6.07) is 16.4. The Bertz CT molecular complexity index is 924. The van der Waals surface area contributed by atoms with Gasteiger partial charge >= 0.3 is 0 Å². The number of aryl methyl sites for hydroxylation is 1. The van der Waals surface area contributed by atoms with Crippen LogP contribution in [0.1, 0.15) is 0 Å². The first-order valence-electron chi connectivity index (χ1n) is 7.00. The topological polar surface area (TPSA) is 55.9 Å². The fourth-order valence-corrected chi connectivity index (χ4v) is 2.43. The Morgan fingerprint density at radius 1 is 1.05 bits per heavy atom. The first kappa shape index (κ1) is 12.6. The normalized spacial score (nSPS) is 11.0. The van der Waals surface area contributed by atoms with Gasteiger partial charge in [-0.1, -0.05) is 30.3 Å². The number of oxazole rings is 1. The van der Waals surface area contributed by atoms with Crippen molar-refractivity contribution in [3.63, 3.8) is 0 Å². The highest BCUT2D eigenvalue weighted by atomic mass is 16.4. The molecule has 0 radical (unpaired) electrons. The summed E-state index contributed by atoms with van der Waals surface area (Å²) in [6.07, 6.45) is 3.56. The number of hydrogen-bond donors (Lipinski definition) is 1. The van der Waals surface area contributed by atoms with Crippen LogP contribution in [0.2, 0.25) is 0 Å². The quantitative estimate of drug-likeness (QED) is 0.620. The van der Waals surface area contributed by atoms with Crippen molar-refractivity contribution >= 4 is 22.6 Å². The van der Waals surface area contributed by atoms with Gasteiger partial charge in [0.2, 0.25) is 0 Å². The molecule has 22 heavy (non-hydrogen) atoms. The van der Waals surface area contributed by atoms with Gasteiger partial charge in [-0.15, -0.1) is 0 Å². The van der Waals surface area contributed by atoms with E-state index in [-0.39, 0.29) is 0 Å². The number of benzene rings is 2. The zero-order valence-electron chi connectivity index (χ0n) is 12.0. The number of hydrogen-bond acceptors (Lipinski definition) is 4. The molecule has 4 rings (SSSR count). The SMILES string of the molecule is Cn1ncc2cc(Nc3ncc(-c4ccccc4)o3)ccc21. The number of nitrogens with one attached hydrogen (secondary N) is 1. The van der Waals surface area contributed by atoms with Gasteiger partial charge < -0.3 is 9.73 Å². The van der Waals surface area contributed by atoms with Crippen LogP contribution in [0.4, 0.5) is 11.7 Å². The van der Waals surface area contributed by atoms with Crippen molar-refractivity contribution in [3.8, 4) is 11.3 Å². The molecule has 0 aliphatic carbocycles. The van der Waals surface area contributed by atoms with Crippen molar-refractivity contribution in [3.05, 3.63) is 60.9 Å². The first-order valence-corrected chi connectivity index (χ1v) is 7.00. The van der Waals surface area contributed by atoms with Crippen LogP contribution in [0.5, 0.6) is 0 Å². The van der Waals surface area contributed by atoms with Crippen LogP contribution in [-0.4, -0.2) is 14.8 Å². The summed E-state index contributed by atoms with van der Waals surface area (Å²) in [5, 5.41) is 8.49. The maximum Gasteiger partial charge on any atom is 0.299 e. The predicted octanol–water partition coefficient (Wildman–Crippen LogP) is 3.97. The number of aromatic nitrogens is 3. The van der Waals surface area contributed by atoms with E-state index in [2.05, 4.69) is 15.4 Å². The smallest absolute Gasteiger partial charge is 0.299 e. The van der Waals surface area contributed by atoms with Gasteiger partial charge in [-0.3, -0.25) is 4.68 Å². The van der Waals surface area contributed by atoms with E-state index >= 15 is 0 Å². The third-order valence-electron chi connectivity index (χ3n) is 3.56. The average molecular weight is 290 g/mol. The van der Waals surface area contributed by atoms with Gasteiger partial charge in [0, 0.05) is 23.7 Å². The zero-order valence-corrected chi connectivity index (χ0v) is 12.0. The van der Waals surface area contributed by atoms with Crippen LogP contribution >= 0.6 is 0 Å². The zero-order chi connectivity index (χ0) is 14.9. The van der Waals surface area contributed by atoms with Crippen LogP contribution < -0.4 is 5.32 Å². The molecule has 0 spiro atoms. The Balaban J connectivity index is 1.61. The Labute approximate surface area is 127 Å². The van der Waals surface area contributed by atoms with Crippen LogP contribution in [0.25, 0.3) is 22.2 Å². The third-order valence-corrected chi connectivity index (χ3v) is 3.56. The van der Waals surface area contributed by atoms with Crippen molar-refractivity contribution in [2.75, 3.05) is 5.32 Å². The second-order valence-electron chi connectivity index (χ2n) is 5.06. The lowest BCUT2D eigenvalue weighted by molar-refractivity contribution is 0.592. The number of rotatable bonds is 3. The van der Waals surface area contributed by atoms with Gasteiger partial charge in [-0.05, 0) is 18.2 Å². The molecule has 5 nitrogen and oxygen atoms in total. The molecule has 0 saturated heterocycles. The van der Waals surface area contributed by atoms with Gasteiger partial charge in [-0.2, -0.15) is 5.10 Å². The van der Waals surface area contributed by atoms with Crippen LogP contribution in [0.15, 0.2) is 65.3 Å². The molecule has 0 aliphatic heterocycles. The third kappa shape index (κ3) is 2.22. The molecule has 2 heterocycles. The monoisotopic (exact) mass is 290 g/mol. The van der Waals surface area contributed by atoms with E-state index in [1.54, 1.807) is 6.20 Å². The fourth-order valence-electron chi connectivity index (χ4n) is 2.43. The molecule has 5 heteroatoms. The van der Waals surface area contributed by atoms with E-state index in [4.69, 9.17) is 4.42 Å². The second-order valence-corrected chi connectivity index (χ2v) is 5.06. The minimum atomic E-state index is 0.474. The average Bonchev–Trinajstić information content (AvgIpc) is 3.16. The fraction of sp³-hybridized carbons (Fsp3) is 0.0588. The molecular weight excluding hydrogens is 276 g/mol. The lowest BCUT2D eigenvalue weighted by atomic mass is 10.2. The van der Waals surface area contributed by atoms with Crippen molar-refractivity contribution in [2.45, 2.75) is 0 Å². The van der Waals surface area contributed by atoms with E-state index < -0.39 is 0 Å². The van der Waals surface area contributed by atoms with Gasteiger partial charge in [0.1, 0.15) is 0 Å². The maximum atomic E-state index is 5.75. The molecular formula is C17H14N4O. The summed E-state index contributed by atoms with van der Waals surface area (Å²) < 4.78 is 7.59. The Morgan fingerprint density at radius 3 is 2.77 bits per heavy atom. The summed E-state index contributed by atoms with van der Waals surface area (Å²) >= 11 is 0. The molecule has 108 valence electrons. The summed E-state index contributed by atoms with van der Waals surface area (Å²) in [5.74, 6) is 0.741. The second kappa shape index (κ2) is 5.04. The Hall–Kier alpha value is -3.08. The predicted molar refractivity (Wildman–Crippen MR) is 85.9 cm³/mol. The van der Waals surface area contributed by atoms with E-state index in [1.807, 2.05) is 66.5 Å². The molecule has 1 N–H and O–H groups in total. The van der Waals surface area contributed by atoms with Crippen LogP contribution in [-0.2, 0) is 7.05 Å². The standard InChI is InChI=1S/C17H14N4O/c1-21-15-8-7-14(9-13(15)10-19-21)20-17-18-11-16(22-17)12-5-3-2-4-6-12/h2-11H,1H3,(H,18,20). The van der Waals surface area contributed by atoms with Gasteiger partial charge in [-0.25, -0.2) is 4.98 Å². The molecule has 0 fully saturated rings. The van der Waals surface area contributed by atoms with E-state index in [0.717, 1.165) is 27.9 Å². The Morgan fingerprint density at radius 2 is 1.91 bits per heavy atom. The van der Waals surface area contributed by atoms with Crippen molar-refractivity contribution in [1.29, 1.82) is 0 Å². The minimum absolute atomic E-state index is 0.474. The molecule has 0 aliphatic rings.